The molecule has 0 bridgehead atoms. The molecule has 0 rings (SSSR count). The Morgan fingerprint density at radius 3 is 0.748 bits per heavy atom. The Hall–Kier alpha value is -5.87. The third kappa shape index (κ3) is 81.0. The molecule has 604 valence electrons. The first-order chi connectivity index (χ1) is 52.2. The van der Waals surface area contributed by atoms with Crippen molar-refractivity contribution in [3.63, 3.8) is 0 Å². The summed E-state index contributed by atoms with van der Waals surface area (Å²) < 4.78 is 61.2. The number of allylic oxidation sites excluding steroid dienone is 34. The van der Waals surface area contributed by atoms with Crippen LogP contribution in [0.15, 0.2) is 207 Å². The van der Waals surface area contributed by atoms with E-state index in [9.17, 15) is 43.5 Å². The predicted molar refractivity (Wildman–Crippen MR) is 444 cm³/mol. The Morgan fingerprint density at radius 2 is 0.467 bits per heavy atom. The fraction of sp³-hybridized carbons (Fsp3) is 0.584. The van der Waals surface area contributed by atoms with Crippen LogP contribution in [0, 0.1) is 0 Å². The molecule has 5 unspecified atom stereocenters. The van der Waals surface area contributed by atoms with Gasteiger partial charge in [-0.3, -0.25) is 32.5 Å². The molecule has 0 aliphatic heterocycles. The zero-order valence-electron chi connectivity index (χ0n) is 66.0. The first-order valence-corrected chi connectivity index (χ1v) is 43.4. The van der Waals surface area contributed by atoms with E-state index >= 15 is 0 Å². The average molecular weight is 1530 g/mol. The van der Waals surface area contributed by atoms with Crippen molar-refractivity contribution in [3.8, 4) is 0 Å². The largest absolute Gasteiger partial charge is 0.472 e. The number of hydrogen-bond donors (Lipinski definition) is 4. The highest BCUT2D eigenvalue weighted by molar-refractivity contribution is 7.47. The second-order valence-corrected chi connectivity index (χ2v) is 29.0. The summed E-state index contributed by atoms with van der Waals surface area (Å²) in [5, 5.41) is 20.7. The third-order valence-corrected chi connectivity index (χ3v) is 17.9. The van der Waals surface area contributed by atoms with Gasteiger partial charge in [-0.15, -0.1) is 0 Å². The van der Waals surface area contributed by atoms with Gasteiger partial charge in [0.05, 0.1) is 26.4 Å². The number of aliphatic hydroxyl groups excluding tert-OH is 2. The van der Waals surface area contributed by atoms with Crippen LogP contribution in [0.3, 0.4) is 0 Å². The minimum atomic E-state index is -4.96. The molecule has 107 heavy (non-hydrogen) atoms. The zero-order chi connectivity index (χ0) is 78.0. The molecule has 0 fully saturated rings. The Balaban J connectivity index is 4.72. The lowest BCUT2D eigenvalue weighted by molar-refractivity contribution is -0.161. The first-order valence-electron chi connectivity index (χ1n) is 40.4. The summed E-state index contributed by atoms with van der Waals surface area (Å²) in [6.45, 7) is 2.25. The second kappa shape index (κ2) is 79.7. The summed E-state index contributed by atoms with van der Waals surface area (Å²) in [7, 11) is -9.83. The van der Waals surface area contributed by atoms with Gasteiger partial charge in [-0.2, -0.15) is 0 Å². The van der Waals surface area contributed by atoms with Gasteiger partial charge in [0.15, 0.2) is 6.10 Å². The fourth-order valence-electron chi connectivity index (χ4n) is 9.96. The molecule has 0 aromatic carbocycles. The second-order valence-electron chi connectivity index (χ2n) is 26.1. The summed E-state index contributed by atoms with van der Waals surface area (Å²) in [5.74, 6) is -1.65. The average Bonchev–Trinajstić information content (AvgIpc) is 0.903. The smallest absolute Gasteiger partial charge is 0.463 e. The van der Waals surface area contributed by atoms with E-state index in [2.05, 4.69) is 227 Å². The van der Waals surface area contributed by atoms with Gasteiger partial charge in [-0.25, -0.2) is 9.13 Å². The maximum atomic E-state index is 13.0. The standard InChI is InChI=1S/C89H142O16P2/c1-4-7-10-13-16-19-22-25-28-31-34-36-38-40-41-43-45-46-49-51-54-57-60-63-66-69-72-75-87(92)99-78-84(90)79-101-106(95,96)102-80-85(91)81-103-107(97,98)104-83-86(105-89(94)77-74-71-68-65-62-59-56-53-48-33-30-27-24-21-18-15-12-9-6-3)82-100-88(93)76-73-70-67-64-61-58-55-52-50-47-44-42-39-37-35-32-29-26-23-20-17-14-11-8-5-2/h7-12,16-21,25-30,34-37,40-42,44-46,48,50,52-53,59,62,84-86,90-91H,4-6,13-15,22-24,31-33,38-39,43,47,49,51,54-58,60-61,63-83H2,1-3H3,(H,95,96)(H,97,98)/b10-7-,11-8-,12-9-,19-16-,20-17-,21-18-,28-25-,29-26-,30-27-,36-34-,37-35-,41-40-,44-42-,46-45-,52-50-,53-48-,62-59-. The van der Waals surface area contributed by atoms with Crippen molar-refractivity contribution in [2.75, 3.05) is 39.6 Å². The zero-order valence-corrected chi connectivity index (χ0v) is 67.8. The van der Waals surface area contributed by atoms with E-state index in [0.717, 1.165) is 199 Å². The van der Waals surface area contributed by atoms with Gasteiger partial charge in [-0.1, -0.05) is 298 Å². The Kier molecular flexibility index (Phi) is 75.3. The lowest BCUT2D eigenvalue weighted by Gasteiger charge is -2.21. The molecule has 5 atom stereocenters. The molecule has 0 saturated carbocycles. The van der Waals surface area contributed by atoms with Crippen LogP contribution in [0.5, 0.6) is 0 Å². The molecule has 0 saturated heterocycles. The number of rotatable bonds is 74. The summed E-state index contributed by atoms with van der Waals surface area (Å²) in [4.78, 5) is 58.8. The van der Waals surface area contributed by atoms with E-state index in [1.54, 1.807) is 0 Å². The lowest BCUT2D eigenvalue weighted by atomic mass is 10.1. The van der Waals surface area contributed by atoms with Gasteiger partial charge in [0.1, 0.15) is 25.4 Å². The minimum Gasteiger partial charge on any atom is -0.463 e. The summed E-state index contributed by atoms with van der Waals surface area (Å²) in [5.41, 5.74) is 0. The number of carbonyl (C=O) groups is 3. The Bertz CT molecular complexity index is 2770. The van der Waals surface area contributed by atoms with Crippen molar-refractivity contribution < 1.29 is 75.8 Å². The SMILES string of the molecule is CC/C=C\C/C=C\C/C=C\C/C=C\C/C=C\C/C=C\CCCCCCCCCCC(=O)OCC(O)COP(=O)(O)OCC(O)COP(=O)(O)OCC(COC(=O)CCCCCCCC/C=C\C/C=C\C/C=C\C/C=C\C/C=C\C/C=C\CC)OC(=O)CCCCC/C=C\C/C=C\C/C=C\C/C=C\C/C=C\CC. The lowest BCUT2D eigenvalue weighted by Crippen LogP contribution is -2.30. The van der Waals surface area contributed by atoms with Crippen LogP contribution >= 0.6 is 15.6 Å². The maximum absolute atomic E-state index is 13.0. The number of esters is 3. The molecule has 0 aromatic heterocycles. The maximum Gasteiger partial charge on any atom is 0.472 e. The van der Waals surface area contributed by atoms with Crippen LogP contribution < -0.4 is 0 Å². The van der Waals surface area contributed by atoms with Crippen LogP contribution in [-0.4, -0.2) is 95.9 Å². The van der Waals surface area contributed by atoms with E-state index in [0.29, 0.717) is 19.3 Å². The number of unbranched alkanes of at least 4 members (excludes halogenated alkanes) is 17. The highest BCUT2D eigenvalue weighted by Crippen LogP contribution is 2.45. The molecule has 4 N–H and O–H groups in total. The van der Waals surface area contributed by atoms with Gasteiger partial charge in [0, 0.05) is 19.3 Å². The molecule has 0 aliphatic carbocycles. The molecule has 0 heterocycles. The van der Waals surface area contributed by atoms with Crippen LogP contribution in [0.2, 0.25) is 0 Å². The number of hydrogen-bond acceptors (Lipinski definition) is 14. The van der Waals surface area contributed by atoms with Crippen molar-refractivity contribution in [2.45, 2.75) is 296 Å². The van der Waals surface area contributed by atoms with Gasteiger partial charge < -0.3 is 34.2 Å². The van der Waals surface area contributed by atoms with Gasteiger partial charge in [0.25, 0.3) is 0 Å². The Labute approximate surface area is 648 Å². The molecular weight excluding hydrogens is 1390 g/mol. The Morgan fingerprint density at radius 1 is 0.262 bits per heavy atom. The summed E-state index contributed by atoms with van der Waals surface area (Å²) in [6.07, 6.45) is 106. The van der Waals surface area contributed by atoms with Crippen molar-refractivity contribution in [2.24, 2.45) is 0 Å². The number of phosphoric ester groups is 2. The minimum absolute atomic E-state index is 0.0527. The monoisotopic (exact) mass is 1530 g/mol. The number of ether oxygens (including phenoxy) is 3. The normalized spacial score (nSPS) is 15.0. The van der Waals surface area contributed by atoms with E-state index in [4.69, 9.17) is 32.3 Å². The van der Waals surface area contributed by atoms with E-state index in [-0.39, 0.29) is 19.3 Å². The molecular formula is C89H142O16P2. The molecule has 0 amide bonds. The number of carbonyl (C=O) groups excluding carboxylic acids is 3. The van der Waals surface area contributed by atoms with Gasteiger partial charge in [-0.05, 0) is 167 Å². The summed E-state index contributed by atoms with van der Waals surface area (Å²) in [6, 6.07) is 0. The van der Waals surface area contributed by atoms with Crippen molar-refractivity contribution in [3.05, 3.63) is 207 Å². The highest BCUT2D eigenvalue weighted by atomic mass is 31.2. The summed E-state index contributed by atoms with van der Waals surface area (Å²) >= 11 is 0. The third-order valence-electron chi connectivity index (χ3n) is 16.0. The quantitative estimate of drug-likeness (QED) is 0.0146. The first kappa shape index (κ1) is 101. The van der Waals surface area contributed by atoms with Crippen LogP contribution in [-0.2, 0) is 55.8 Å². The molecule has 0 aromatic rings. The van der Waals surface area contributed by atoms with Crippen molar-refractivity contribution >= 4 is 33.6 Å². The molecule has 0 aliphatic rings. The van der Waals surface area contributed by atoms with Gasteiger partial charge in [0.2, 0.25) is 0 Å². The van der Waals surface area contributed by atoms with E-state index in [1.165, 1.54) is 19.3 Å². The molecule has 16 nitrogen and oxygen atoms in total. The number of aliphatic hydroxyl groups is 2. The molecule has 18 heteroatoms. The van der Waals surface area contributed by atoms with Crippen LogP contribution in [0.25, 0.3) is 0 Å². The number of phosphoric acid groups is 2. The van der Waals surface area contributed by atoms with Crippen LogP contribution in [0.1, 0.15) is 278 Å². The van der Waals surface area contributed by atoms with Crippen molar-refractivity contribution in [1.82, 2.24) is 0 Å². The van der Waals surface area contributed by atoms with E-state index in [1.807, 2.05) is 0 Å². The fourth-order valence-corrected chi connectivity index (χ4v) is 11.5. The van der Waals surface area contributed by atoms with Crippen molar-refractivity contribution in [1.29, 1.82) is 0 Å². The van der Waals surface area contributed by atoms with Gasteiger partial charge >= 0.3 is 33.6 Å². The molecule has 0 spiro atoms. The van der Waals surface area contributed by atoms with E-state index < -0.39 is 91.5 Å². The predicted octanol–water partition coefficient (Wildman–Crippen LogP) is 24.1. The van der Waals surface area contributed by atoms with Crippen LogP contribution in [0.4, 0.5) is 0 Å². The topological polar surface area (TPSA) is 231 Å². The molecule has 0 radical (unpaired) electrons. The highest BCUT2D eigenvalue weighted by Gasteiger charge is 2.29.